The Morgan fingerprint density at radius 2 is 2.19 bits per heavy atom. The monoisotopic (exact) mass is 435 g/mol. The molecule has 10 heteroatoms. The number of alkyl halides is 3. The average Bonchev–Trinajstić information content (AvgIpc) is 3.42. The summed E-state index contributed by atoms with van der Waals surface area (Å²) in [5.41, 5.74) is -0.337. The zero-order valence-corrected chi connectivity index (χ0v) is 17.4. The number of aryl methyl sites for hydroxylation is 1. The molecule has 0 N–H and O–H groups in total. The molecular weight excluding hydrogens is 411 g/mol. The summed E-state index contributed by atoms with van der Waals surface area (Å²) in [5, 5.41) is 3.89. The molecule has 1 fully saturated rings. The number of pyridine rings is 1. The Hall–Kier alpha value is -2.91. The molecule has 4 rings (SSSR count). The number of carbonyl (C=O) groups excluding carboxylic acids is 1. The molecule has 0 spiro atoms. The largest absolute Gasteiger partial charge is 0.417 e. The highest BCUT2D eigenvalue weighted by atomic mass is 19.4. The van der Waals surface area contributed by atoms with Gasteiger partial charge in [-0.3, -0.25) is 4.79 Å². The van der Waals surface area contributed by atoms with Gasteiger partial charge in [-0.15, -0.1) is 0 Å². The molecule has 31 heavy (non-hydrogen) atoms. The molecule has 0 bridgehead atoms. The molecule has 1 saturated heterocycles. The van der Waals surface area contributed by atoms with E-state index >= 15 is 0 Å². The Kier molecular flexibility index (Phi) is 5.72. The smallest absolute Gasteiger partial charge is 0.342 e. The highest BCUT2D eigenvalue weighted by Crippen LogP contribution is 2.40. The van der Waals surface area contributed by atoms with E-state index < -0.39 is 11.7 Å². The lowest BCUT2D eigenvalue weighted by Gasteiger charge is -2.33. The van der Waals surface area contributed by atoms with Crippen LogP contribution in [0.3, 0.4) is 0 Å². The van der Waals surface area contributed by atoms with E-state index in [0.29, 0.717) is 38.0 Å². The normalized spacial score (nSPS) is 18.5. The third-order valence-electron chi connectivity index (χ3n) is 5.86. The first-order chi connectivity index (χ1) is 14.8. The topological polar surface area (TPSA) is 77.0 Å². The second kappa shape index (κ2) is 8.32. The van der Waals surface area contributed by atoms with Crippen LogP contribution in [0.1, 0.15) is 62.0 Å². The van der Waals surface area contributed by atoms with Crippen molar-refractivity contribution in [3.8, 4) is 0 Å². The molecule has 1 aliphatic heterocycles. The molecule has 0 radical (unpaired) electrons. The molecule has 4 heterocycles. The third-order valence-corrected chi connectivity index (χ3v) is 5.86. The number of aromatic nitrogens is 4. The minimum Gasteiger partial charge on any atom is -0.342 e. The summed E-state index contributed by atoms with van der Waals surface area (Å²) in [6.07, 6.45) is 2.54. The fourth-order valence-electron chi connectivity index (χ4n) is 4.15. The molecule has 7 nitrogen and oxygen atoms in total. The van der Waals surface area contributed by atoms with E-state index in [1.165, 1.54) is 0 Å². The summed E-state index contributed by atoms with van der Waals surface area (Å²) in [6, 6.07) is 1.01. The van der Waals surface area contributed by atoms with Gasteiger partial charge >= 0.3 is 6.18 Å². The highest BCUT2D eigenvalue weighted by Gasteiger charge is 2.38. The van der Waals surface area contributed by atoms with E-state index in [4.69, 9.17) is 4.52 Å². The quantitative estimate of drug-likeness (QED) is 0.595. The van der Waals surface area contributed by atoms with Crippen molar-refractivity contribution in [2.75, 3.05) is 13.1 Å². The number of likely N-dealkylation sites (tertiary alicyclic amines) is 1. The van der Waals surface area contributed by atoms with Crippen LogP contribution in [-0.4, -0.2) is 43.6 Å². The fourth-order valence-corrected chi connectivity index (χ4v) is 4.15. The summed E-state index contributed by atoms with van der Waals surface area (Å²) in [4.78, 5) is 22.7. The molecule has 3 aromatic heterocycles. The second-order valence-electron chi connectivity index (χ2n) is 8.00. The van der Waals surface area contributed by atoms with Gasteiger partial charge in [-0.1, -0.05) is 12.1 Å². The van der Waals surface area contributed by atoms with Crippen molar-refractivity contribution in [1.29, 1.82) is 0 Å². The molecule has 0 unspecified atom stereocenters. The lowest BCUT2D eigenvalue weighted by atomic mass is 9.91. The number of carbonyl (C=O) groups is 1. The first-order valence-corrected chi connectivity index (χ1v) is 10.4. The molecule has 2 atom stereocenters. The van der Waals surface area contributed by atoms with Crippen molar-refractivity contribution in [3.63, 3.8) is 0 Å². The van der Waals surface area contributed by atoms with Gasteiger partial charge in [-0.2, -0.15) is 13.2 Å². The van der Waals surface area contributed by atoms with Crippen LogP contribution in [0.2, 0.25) is 0 Å². The minimum atomic E-state index is -4.55. The summed E-state index contributed by atoms with van der Waals surface area (Å²) in [5.74, 6) is -0.376. The van der Waals surface area contributed by atoms with E-state index in [0.717, 1.165) is 6.07 Å². The van der Waals surface area contributed by atoms with Gasteiger partial charge in [0.15, 0.2) is 0 Å². The summed E-state index contributed by atoms with van der Waals surface area (Å²) >= 11 is 0. The van der Waals surface area contributed by atoms with E-state index in [-0.39, 0.29) is 41.1 Å². The zero-order chi connectivity index (χ0) is 22.2. The Bertz CT molecular complexity index is 1060. The maximum atomic E-state index is 13.8. The van der Waals surface area contributed by atoms with E-state index in [1.807, 2.05) is 11.5 Å². The van der Waals surface area contributed by atoms with Gasteiger partial charge < -0.3 is 14.0 Å². The number of halogens is 3. The number of nitrogens with zero attached hydrogens (tertiary/aromatic N) is 5. The van der Waals surface area contributed by atoms with Gasteiger partial charge in [0.05, 0.1) is 23.0 Å². The Morgan fingerprint density at radius 3 is 2.87 bits per heavy atom. The van der Waals surface area contributed by atoms with Crippen LogP contribution < -0.4 is 0 Å². The Morgan fingerprint density at radius 1 is 1.39 bits per heavy atom. The van der Waals surface area contributed by atoms with Gasteiger partial charge in [-0.25, -0.2) is 9.97 Å². The predicted octanol–water partition coefficient (Wildman–Crippen LogP) is 4.36. The third kappa shape index (κ3) is 4.28. The van der Waals surface area contributed by atoms with Crippen LogP contribution >= 0.6 is 0 Å². The number of imidazole rings is 1. The molecular formula is C21H24F3N5O2. The molecule has 1 amide bonds. The molecule has 166 valence electrons. The van der Waals surface area contributed by atoms with Crippen molar-refractivity contribution in [2.24, 2.45) is 0 Å². The van der Waals surface area contributed by atoms with Gasteiger partial charge in [0.1, 0.15) is 0 Å². The van der Waals surface area contributed by atoms with Crippen LogP contribution in [0.25, 0.3) is 11.1 Å². The molecule has 1 aliphatic rings. The SMILES string of the molecule is CCc1cc(C(F)(F)F)c2c([C@@H]3CCCN(C(=O)C[C@@H](C)n4ccnc4)C3)noc2n1. The van der Waals surface area contributed by atoms with Crippen molar-refractivity contribution in [2.45, 2.75) is 57.7 Å². The van der Waals surface area contributed by atoms with Crippen LogP contribution in [0.4, 0.5) is 13.2 Å². The summed E-state index contributed by atoms with van der Waals surface area (Å²) in [7, 11) is 0. The summed E-state index contributed by atoms with van der Waals surface area (Å²) in [6.45, 7) is 4.55. The number of hydrogen-bond acceptors (Lipinski definition) is 5. The van der Waals surface area contributed by atoms with Crippen LogP contribution in [0.5, 0.6) is 0 Å². The van der Waals surface area contributed by atoms with Crippen molar-refractivity contribution in [3.05, 3.63) is 41.7 Å². The minimum absolute atomic E-state index is 0.0406. The fraction of sp³-hybridized carbons (Fsp3) is 0.524. The first kappa shape index (κ1) is 21.3. The number of hydrogen-bond donors (Lipinski definition) is 0. The predicted molar refractivity (Wildman–Crippen MR) is 106 cm³/mol. The number of fused-ring (bicyclic) bond motifs is 1. The average molecular weight is 435 g/mol. The van der Waals surface area contributed by atoms with Crippen molar-refractivity contribution < 1.29 is 22.5 Å². The zero-order valence-electron chi connectivity index (χ0n) is 17.4. The maximum Gasteiger partial charge on any atom is 0.417 e. The molecule has 3 aromatic rings. The number of amides is 1. The lowest BCUT2D eigenvalue weighted by molar-refractivity contribution is -0.136. The standard InChI is InChI=1S/C21H24F3N5O2/c1-3-15-10-16(21(22,23)24)18-19(27-31-20(18)26-15)14-5-4-7-28(11-14)17(30)9-13(2)29-8-6-25-12-29/h6,8,10,12-14H,3-5,7,9,11H2,1-2H3/t13-,14-/m1/s1. The second-order valence-corrected chi connectivity index (χ2v) is 8.00. The van der Waals surface area contributed by atoms with Gasteiger partial charge in [0, 0.05) is 49.6 Å². The number of piperidine rings is 1. The first-order valence-electron chi connectivity index (χ1n) is 10.4. The van der Waals surface area contributed by atoms with Crippen LogP contribution in [0.15, 0.2) is 29.3 Å². The molecule has 0 aliphatic carbocycles. The molecule has 0 saturated carbocycles. The van der Waals surface area contributed by atoms with Crippen LogP contribution in [-0.2, 0) is 17.4 Å². The van der Waals surface area contributed by atoms with Gasteiger partial charge in [0.2, 0.25) is 5.91 Å². The van der Waals surface area contributed by atoms with Gasteiger partial charge in [0.25, 0.3) is 5.71 Å². The van der Waals surface area contributed by atoms with Crippen molar-refractivity contribution >= 4 is 17.0 Å². The maximum absolute atomic E-state index is 13.8. The lowest BCUT2D eigenvalue weighted by Crippen LogP contribution is -2.40. The van der Waals surface area contributed by atoms with E-state index in [9.17, 15) is 18.0 Å². The van der Waals surface area contributed by atoms with E-state index in [2.05, 4.69) is 15.1 Å². The summed E-state index contributed by atoms with van der Waals surface area (Å²) < 4.78 is 48.4. The Labute approximate surface area is 177 Å². The molecule has 0 aromatic carbocycles. The van der Waals surface area contributed by atoms with E-state index in [1.54, 1.807) is 30.5 Å². The van der Waals surface area contributed by atoms with Crippen LogP contribution in [0, 0.1) is 0 Å². The highest BCUT2D eigenvalue weighted by molar-refractivity contribution is 5.82. The van der Waals surface area contributed by atoms with Crippen molar-refractivity contribution in [1.82, 2.24) is 24.6 Å². The van der Waals surface area contributed by atoms with Gasteiger partial charge in [-0.05, 0) is 32.3 Å². The number of rotatable bonds is 5. The Balaban J connectivity index is 1.59.